The molecule has 0 bridgehead atoms. The highest BCUT2D eigenvalue weighted by molar-refractivity contribution is 5.56. The minimum absolute atomic E-state index is 0.251. The van der Waals surface area contributed by atoms with Crippen molar-refractivity contribution in [1.29, 1.82) is 0 Å². The number of halogens is 1. The molecule has 0 spiro atoms. The average molecular weight is 271 g/mol. The predicted octanol–water partition coefficient (Wildman–Crippen LogP) is 2.88. The van der Waals surface area contributed by atoms with E-state index in [1.165, 1.54) is 17.7 Å². The molecule has 0 saturated heterocycles. The molecule has 0 atom stereocenters. The summed E-state index contributed by atoms with van der Waals surface area (Å²) < 4.78 is 13.4. The molecule has 0 aliphatic carbocycles. The summed E-state index contributed by atoms with van der Waals surface area (Å²) >= 11 is 0. The van der Waals surface area contributed by atoms with Gasteiger partial charge in [0.2, 0.25) is 0 Å². The molecular formula is C16H18FN3. The van der Waals surface area contributed by atoms with Crippen molar-refractivity contribution in [2.75, 3.05) is 6.54 Å². The summed E-state index contributed by atoms with van der Waals surface area (Å²) in [5, 5.41) is 3.34. The van der Waals surface area contributed by atoms with Gasteiger partial charge >= 0.3 is 0 Å². The Morgan fingerprint density at radius 1 is 1.30 bits per heavy atom. The van der Waals surface area contributed by atoms with Crippen LogP contribution in [0.2, 0.25) is 0 Å². The van der Waals surface area contributed by atoms with E-state index >= 15 is 0 Å². The number of hydrogen-bond donors (Lipinski definition) is 1. The molecule has 2 aromatic rings. The van der Waals surface area contributed by atoms with Crippen molar-refractivity contribution in [1.82, 2.24) is 15.3 Å². The van der Waals surface area contributed by atoms with Gasteiger partial charge in [0.05, 0.1) is 5.69 Å². The lowest BCUT2D eigenvalue weighted by Gasteiger charge is -2.20. The molecule has 1 aromatic carbocycles. The fraction of sp³-hybridized carbons (Fsp3) is 0.375. The third-order valence-corrected chi connectivity index (χ3v) is 3.59. The Balaban J connectivity index is 2.10. The van der Waals surface area contributed by atoms with Crippen LogP contribution in [-0.4, -0.2) is 16.5 Å². The third-order valence-electron chi connectivity index (χ3n) is 3.59. The van der Waals surface area contributed by atoms with E-state index in [0.29, 0.717) is 5.82 Å². The summed E-state index contributed by atoms with van der Waals surface area (Å²) in [4.78, 5) is 9.31. The van der Waals surface area contributed by atoms with E-state index < -0.39 is 0 Å². The van der Waals surface area contributed by atoms with Crippen molar-refractivity contribution in [3.63, 3.8) is 0 Å². The number of rotatable bonds is 3. The molecule has 1 N–H and O–H groups in total. The number of aryl methyl sites for hydroxylation is 1. The van der Waals surface area contributed by atoms with Crippen molar-refractivity contribution in [2.45, 2.75) is 32.7 Å². The lowest BCUT2D eigenvalue weighted by molar-refractivity contribution is 0.614. The molecule has 104 valence electrons. The van der Waals surface area contributed by atoms with Crippen molar-refractivity contribution in [2.24, 2.45) is 0 Å². The summed E-state index contributed by atoms with van der Waals surface area (Å²) in [5.74, 6) is 0.384. The first-order valence-electron chi connectivity index (χ1n) is 7.13. The summed E-state index contributed by atoms with van der Waals surface area (Å²) in [6.07, 6.45) is 2.99. The molecule has 1 aliphatic rings. The third kappa shape index (κ3) is 2.56. The summed E-state index contributed by atoms with van der Waals surface area (Å²) in [6, 6.07) is 6.49. The number of fused-ring (bicyclic) bond motifs is 1. The van der Waals surface area contributed by atoms with Gasteiger partial charge in [-0.1, -0.05) is 25.5 Å². The quantitative estimate of drug-likeness (QED) is 0.932. The van der Waals surface area contributed by atoms with Crippen molar-refractivity contribution < 1.29 is 4.39 Å². The van der Waals surface area contributed by atoms with Crippen molar-refractivity contribution >= 4 is 0 Å². The van der Waals surface area contributed by atoms with E-state index in [-0.39, 0.29) is 5.82 Å². The highest BCUT2D eigenvalue weighted by atomic mass is 19.1. The minimum atomic E-state index is -0.251. The number of nitrogens with zero attached hydrogens (tertiary/aromatic N) is 2. The predicted molar refractivity (Wildman–Crippen MR) is 76.8 cm³/mol. The van der Waals surface area contributed by atoms with Crippen LogP contribution in [0.3, 0.4) is 0 Å². The van der Waals surface area contributed by atoms with Gasteiger partial charge in [0, 0.05) is 17.8 Å². The Labute approximate surface area is 118 Å². The molecule has 1 aliphatic heterocycles. The molecule has 0 fully saturated rings. The Morgan fingerprint density at radius 3 is 3.00 bits per heavy atom. The second-order valence-electron chi connectivity index (χ2n) is 5.11. The zero-order chi connectivity index (χ0) is 13.9. The van der Waals surface area contributed by atoms with Crippen LogP contribution in [0.25, 0.3) is 11.4 Å². The lowest BCUT2D eigenvalue weighted by Crippen LogP contribution is -2.26. The maximum atomic E-state index is 13.4. The van der Waals surface area contributed by atoms with Gasteiger partial charge in [0.15, 0.2) is 5.82 Å². The van der Waals surface area contributed by atoms with Crippen LogP contribution in [0.4, 0.5) is 4.39 Å². The van der Waals surface area contributed by atoms with Crippen molar-refractivity contribution in [3.05, 3.63) is 47.0 Å². The molecule has 20 heavy (non-hydrogen) atoms. The number of hydrogen-bond acceptors (Lipinski definition) is 3. The summed E-state index contributed by atoms with van der Waals surface area (Å²) in [5.41, 5.74) is 4.22. The SMILES string of the molecule is CCCc1nc(-c2cccc(F)c2)nc2c1CCNC2. The average Bonchev–Trinajstić information content (AvgIpc) is 2.47. The molecule has 0 radical (unpaired) electrons. The monoisotopic (exact) mass is 271 g/mol. The van der Waals surface area contributed by atoms with Gasteiger partial charge in [0.25, 0.3) is 0 Å². The van der Waals surface area contributed by atoms with Crippen molar-refractivity contribution in [3.8, 4) is 11.4 Å². The first-order valence-corrected chi connectivity index (χ1v) is 7.13. The molecule has 1 aromatic heterocycles. The Hall–Kier alpha value is -1.81. The van der Waals surface area contributed by atoms with E-state index in [9.17, 15) is 4.39 Å². The van der Waals surface area contributed by atoms with E-state index in [4.69, 9.17) is 0 Å². The van der Waals surface area contributed by atoms with Crippen LogP contribution in [-0.2, 0) is 19.4 Å². The van der Waals surface area contributed by atoms with Crippen LogP contribution >= 0.6 is 0 Å². The van der Waals surface area contributed by atoms with Crippen LogP contribution in [0.5, 0.6) is 0 Å². The van der Waals surface area contributed by atoms with E-state index in [2.05, 4.69) is 22.2 Å². The molecule has 3 rings (SSSR count). The van der Waals surface area contributed by atoms with Gasteiger partial charge in [0.1, 0.15) is 5.82 Å². The van der Waals surface area contributed by atoms with Crippen LogP contribution in [0.1, 0.15) is 30.3 Å². The Morgan fingerprint density at radius 2 is 2.20 bits per heavy atom. The lowest BCUT2D eigenvalue weighted by atomic mass is 10.0. The van der Waals surface area contributed by atoms with Gasteiger partial charge < -0.3 is 5.32 Å². The fourth-order valence-electron chi connectivity index (χ4n) is 2.64. The topological polar surface area (TPSA) is 37.8 Å². The first kappa shape index (κ1) is 13.2. The molecule has 4 heteroatoms. The first-order chi connectivity index (χ1) is 9.78. The highest BCUT2D eigenvalue weighted by Gasteiger charge is 2.17. The van der Waals surface area contributed by atoms with Gasteiger partial charge in [-0.15, -0.1) is 0 Å². The fourth-order valence-corrected chi connectivity index (χ4v) is 2.64. The van der Waals surface area contributed by atoms with E-state index in [1.54, 1.807) is 6.07 Å². The molecule has 0 saturated carbocycles. The van der Waals surface area contributed by atoms with E-state index in [0.717, 1.165) is 49.3 Å². The molecule has 0 amide bonds. The van der Waals surface area contributed by atoms with Crippen LogP contribution < -0.4 is 5.32 Å². The maximum absolute atomic E-state index is 13.4. The second-order valence-corrected chi connectivity index (χ2v) is 5.11. The number of benzene rings is 1. The smallest absolute Gasteiger partial charge is 0.159 e. The normalized spacial score (nSPS) is 14.1. The van der Waals surface area contributed by atoms with Gasteiger partial charge in [-0.05, 0) is 37.1 Å². The van der Waals surface area contributed by atoms with Gasteiger partial charge in [-0.3, -0.25) is 0 Å². The zero-order valence-electron chi connectivity index (χ0n) is 11.6. The van der Waals surface area contributed by atoms with Crippen LogP contribution in [0, 0.1) is 5.82 Å². The van der Waals surface area contributed by atoms with E-state index in [1.807, 2.05) is 6.07 Å². The summed E-state index contributed by atoms with van der Waals surface area (Å²) in [6.45, 7) is 3.90. The minimum Gasteiger partial charge on any atom is -0.311 e. The second kappa shape index (κ2) is 5.67. The standard InChI is InChI=1S/C16H18FN3/c1-2-4-14-13-7-8-18-10-15(13)20-16(19-14)11-5-3-6-12(17)9-11/h3,5-6,9,18H,2,4,7-8,10H2,1H3. The van der Waals surface area contributed by atoms with Gasteiger partial charge in [-0.2, -0.15) is 0 Å². The highest BCUT2D eigenvalue weighted by Crippen LogP contribution is 2.23. The van der Waals surface area contributed by atoms with Gasteiger partial charge in [-0.25, -0.2) is 14.4 Å². The maximum Gasteiger partial charge on any atom is 0.159 e. The molecule has 3 nitrogen and oxygen atoms in total. The largest absolute Gasteiger partial charge is 0.311 e. The zero-order valence-corrected chi connectivity index (χ0v) is 11.6. The van der Waals surface area contributed by atoms with Crippen LogP contribution in [0.15, 0.2) is 24.3 Å². The molecular weight excluding hydrogens is 253 g/mol. The Bertz CT molecular complexity index is 625. The Kier molecular flexibility index (Phi) is 3.74. The summed E-state index contributed by atoms with van der Waals surface area (Å²) in [7, 11) is 0. The number of nitrogens with one attached hydrogen (secondary N) is 1. The number of aromatic nitrogens is 2. The molecule has 0 unspecified atom stereocenters. The molecule has 2 heterocycles.